The SMILES string of the molecule is Cc1cccc(C2=NN=C(N)CC2)c1. The summed E-state index contributed by atoms with van der Waals surface area (Å²) in [5.74, 6) is 0.626. The standard InChI is InChI=1S/C11H13N3/c1-8-3-2-4-9(7-8)10-5-6-11(12)14-13-10/h2-4,7H,5-6H2,1H3,(H2,12,14). The Balaban J connectivity index is 2.32. The van der Waals surface area contributed by atoms with Crippen molar-refractivity contribution in [2.45, 2.75) is 19.8 Å². The maximum Gasteiger partial charge on any atom is 0.122 e. The molecular weight excluding hydrogens is 174 g/mol. The molecule has 2 N–H and O–H groups in total. The average molecular weight is 187 g/mol. The van der Waals surface area contributed by atoms with Gasteiger partial charge in [0, 0.05) is 6.42 Å². The van der Waals surface area contributed by atoms with Crippen LogP contribution in [0.2, 0.25) is 0 Å². The molecule has 0 fully saturated rings. The van der Waals surface area contributed by atoms with Gasteiger partial charge < -0.3 is 5.73 Å². The van der Waals surface area contributed by atoms with Gasteiger partial charge >= 0.3 is 0 Å². The molecule has 1 aromatic rings. The average Bonchev–Trinajstić information content (AvgIpc) is 2.19. The second-order valence-electron chi connectivity index (χ2n) is 3.51. The number of hydrogen-bond donors (Lipinski definition) is 1. The Morgan fingerprint density at radius 1 is 1.21 bits per heavy atom. The van der Waals surface area contributed by atoms with E-state index in [9.17, 15) is 0 Å². The van der Waals surface area contributed by atoms with Gasteiger partial charge in [-0.1, -0.05) is 29.8 Å². The summed E-state index contributed by atoms with van der Waals surface area (Å²) in [5, 5.41) is 8.00. The largest absolute Gasteiger partial charge is 0.386 e. The topological polar surface area (TPSA) is 50.7 Å². The van der Waals surface area contributed by atoms with E-state index in [1.807, 2.05) is 6.07 Å². The summed E-state index contributed by atoms with van der Waals surface area (Å²) < 4.78 is 0. The van der Waals surface area contributed by atoms with Crippen LogP contribution in [0.25, 0.3) is 0 Å². The molecule has 0 saturated heterocycles. The summed E-state index contributed by atoms with van der Waals surface area (Å²) in [5.41, 5.74) is 8.98. The van der Waals surface area contributed by atoms with Gasteiger partial charge in [0.1, 0.15) is 5.84 Å². The van der Waals surface area contributed by atoms with Gasteiger partial charge in [-0.3, -0.25) is 0 Å². The zero-order valence-electron chi connectivity index (χ0n) is 8.20. The van der Waals surface area contributed by atoms with Crippen LogP contribution in [0.4, 0.5) is 0 Å². The van der Waals surface area contributed by atoms with Crippen molar-refractivity contribution in [2.24, 2.45) is 15.9 Å². The van der Waals surface area contributed by atoms with Crippen LogP contribution >= 0.6 is 0 Å². The van der Waals surface area contributed by atoms with Crippen LogP contribution in [0.5, 0.6) is 0 Å². The molecule has 1 aromatic carbocycles. The van der Waals surface area contributed by atoms with E-state index in [-0.39, 0.29) is 0 Å². The number of nitrogens with two attached hydrogens (primary N) is 1. The lowest BCUT2D eigenvalue weighted by atomic mass is 10.0. The first-order chi connectivity index (χ1) is 6.75. The molecule has 0 atom stereocenters. The minimum Gasteiger partial charge on any atom is -0.386 e. The Hall–Kier alpha value is -1.64. The molecule has 0 amide bonds. The normalized spacial score (nSPS) is 16.1. The van der Waals surface area contributed by atoms with Crippen molar-refractivity contribution in [3.8, 4) is 0 Å². The molecule has 1 aliphatic rings. The molecule has 72 valence electrons. The minimum atomic E-state index is 0.626. The molecule has 0 bridgehead atoms. The van der Waals surface area contributed by atoms with E-state index in [4.69, 9.17) is 5.73 Å². The first-order valence-corrected chi connectivity index (χ1v) is 4.71. The third-order valence-electron chi connectivity index (χ3n) is 2.27. The van der Waals surface area contributed by atoms with E-state index in [0.717, 1.165) is 24.1 Å². The fraction of sp³-hybridized carbons (Fsp3) is 0.273. The highest BCUT2D eigenvalue weighted by Gasteiger charge is 2.09. The van der Waals surface area contributed by atoms with Gasteiger partial charge in [-0.15, -0.1) is 5.10 Å². The number of hydrogen-bond acceptors (Lipinski definition) is 3. The smallest absolute Gasteiger partial charge is 0.122 e. The molecular formula is C11H13N3. The van der Waals surface area contributed by atoms with Gasteiger partial charge in [-0.2, -0.15) is 5.10 Å². The minimum absolute atomic E-state index is 0.626. The van der Waals surface area contributed by atoms with Crippen molar-refractivity contribution >= 4 is 11.5 Å². The lowest BCUT2D eigenvalue weighted by molar-refractivity contribution is 1.02. The summed E-state index contributed by atoms with van der Waals surface area (Å²) in [6, 6.07) is 8.29. The molecule has 14 heavy (non-hydrogen) atoms. The van der Waals surface area contributed by atoms with E-state index in [1.165, 1.54) is 5.56 Å². The van der Waals surface area contributed by atoms with Crippen LogP contribution in [0, 0.1) is 6.92 Å². The molecule has 1 aliphatic heterocycles. The van der Waals surface area contributed by atoms with Crippen LogP contribution in [0.3, 0.4) is 0 Å². The molecule has 2 rings (SSSR count). The van der Waals surface area contributed by atoms with Crippen LogP contribution in [-0.2, 0) is 0 Å². The number of nitrogens with zero attached hydrogens (tertiary/aromatic N) is 2. The summed E-state index contributed by atoms with van der Waals surface area (Å²) in [7, 11) is 0. The molecule has 0 radical (unpaired) electrons. The Bertz CT molecular complexity index is 405. The first-order valence-electron chi connectivity index (χ1n) is 4.71. The molecule has 3 heteroatoms. The Morgan fingerprint density at radius 3 is 2.71 bits per heavy atom. The highest BCUT2D eigenvalue weighted by atomic mass is 15.2. The zero-order valence-corrected chi connectivity index (χ0v) is 8.20. The summed E-state index contributed by atoms with van der Waals surface area (Å²) in [4.78, 5) is 0. The van der Waals surface area contributed by atoms with E-state index < -0.39 is 0 Å². The van der Waals surface area contributed by atoms with Crippen LogP contribution in [0.15, 0.2) is 34.5 Å². The Labute approximate surface area is 83.4 Å². The second kappa shape index (κ2) is 3.62. The lowest BCUT2D eigenvalue weighted by Crippen LogP contribution is -2.17. The van der Waals surface area contributed by atoms with Crippen molar-refractivity contribution in [3.05, 3.63) is 35.4 Å². The van der Waals surface area contributed by atoms with Gasteiger partial charge in [-0.05, 0) is 18.9 Å². The van der Waals surface area contributed by atoms with Gasteiger partial charge in [0.05, 0.1) is 5.71 Å². The molecule has 0 unspecified atom stereocenters. The highest BCUT2D eigenvalue weighted by Crippen LogP contribution is 2.12. The van der Waals surface area contributed by atoms with Crippen molar-refractivity contribution < 1.29 is 0 Å². The van der Waals surface area contributed by atoms with Crippen molar-refractivity contribution in [1.82, 2.24) is 0 Å². The third kappa shape index (κ3) is 1.82. The molecule has 3 nitrogen and oxygen atoms in total. The number of aryl methyl sites for hydroxylation is 1. The van der Waals surface area contributed by atoms with E-state index in [1.54, 1.807) is 0 Å². The van der Waals surface area contributed by atoms with E-state index >= 15 is 0 Å². The molecule has 0 spiro atoms. The molecule has 0 aliphatic carbocycles. The molecule has 0 aromatic heterocycles. The van der Waals surface area contributed by atoms with Gasteiger partial charge in [0.15, 0.2) is 0 Å². The predicted molar refractivity (Wildman–Crippen MR) is 58.6 cm³/mol. The summed E-state index contributed by atoms with van der Waals surface area (Å²) >= 11 is 0. The van der Waals surface area contributed by atoms with Crippen LogP contribution in [-0.4, -0.2) is 11.5 Å². The quantitative estimate of drug-likeness (QED) is 0.716. The molecule has 0 saturated carbocycles. The lowest BCUT2D eigenvalue weighted by Gasteiger charge is -2.09. The number of amidine groups is 1. The first kappa shape index (κ1) is 8.94. The summed E-state index contributed by atoms with van der Waals surface area (Å²) in [6.45, 7) is 2.07. The Morgan fingerprint density at radius 2 is 2.07 bits per heavy atom. The highest BCUT2D eigenvalue weighted by molar-refractivity contribution is 6.04. The van der Waals surface area contributed by atoms with Crippen molar-refractivity contribution in [2.75, 3.05) is 0 Å². The number of benzene rings is 1. The Kier molecular flexibility index (Phi) is 2.31. The zero-order chi connectivity index (χ0) is 9.97. The second-order valence-corrected chi connectivity index (χ2v) is 3.51. The van der Waals surface area contributed by atoms with Crippen molar-refractivity contribution in [3.63, 3.8) is 0 Å². The maximum absolute atomic E-state index is 5.55. The predicted octanol–water partition coefficient (Wildman–Crippen LogP) is 1.85. The van der Waals surface area contributed by atoms with Gasteiger partial charge in [0.2, 0.25) is 0 Å². The number of rotatable bonds is 1. The van der Waals surface area contributed by atoms with Gasteiger partial charge in [-0.25, -0.2) is 0 Å². The van der Waals surface area contributed by atoms with E-state index in [2.05, 4.69) is 35.3 Å². The third-order valence-corrected chi connectivity index (χ3v) is 2.27. The molecule has 1 heterocycles. The van der Waals surface area contributed by atoms with E-state index in [0.29, 0.717) is 5.84 Å². The van der Waals surface area contributed by atoms with Crippen LogP contribution in [0.1, 0.15) is 24.0 Å². The fourth-order valence-corrected chi connectivity index (χ4v) is 1.50. The monoisotopic (exact) mass is 187 g/mol. The van der Waals surface area contributed by atoms with Gasteiger partial charge in [0.25, 0.3) is 0 Å². The fourth-order valence-electron chi connectivity index (χ4n) is 1.50. The van der Waals surface area contributed by atoms with Crippen molar-refractivity contribution in [1.29, 1.82) is 0 Å². The maximum atomic E-state index is 5.55. The summed E-state index contributed by atoms with van der Waals surface area (Å²) in [6.07, 6.45) is 1.70. The van der Waals surface area contributed by atoms with Crippen LogP contribution < -0.4 is 5.73 Å².